The summed E-state index contributed by atoms with van der Waals surface area (Å²) in [6, 6.07) is 5.44. The number of ether oxygens (including phenoxy) is 1. The molecule has 0 aliphatic heterocycles. The van der Waals surface area contributed by atoms with Crippen molar-refractivity contribution in [1.29, 1.82) is 0 Å². The van der Waals surface area contributed by atoms with Crippen molar-refractivity contribution in [2.75, 3.05) is 5.32 Å². The number of phenolic OH excluding ortho intramolecular Hbond substituents is 1. The lowest BCUT2D eigenvalue weighted by atomic mass is 9.91. The van der Waals surface area contributed by atoms with E-state index >= 15 is 0 Å². The van der Waals surface area contributed by atoms with Gasteiger partial charge in [-0.15, -0.1) is 0 Å². The van der Waals surface area contributed by atoms with E-state index in [1.165, 1.54) is 0 Å². The van der Waals surface area contributed by atoms with Gasteiger partial charge in [0.05, 0.1) is 5.02 Å². The van der Waals surface area contributed by atoms with Crippen molar-refractivity contribution in [3.05, 3.63) is 23.2 Å². The lowest BCUT2D eigenvalue weighted by molar-refractivity contribution is 0.0492. The van der Waals surface area contributed by atoms with Gasteiger partial charge in [-0.25, -0.2) is 4.79 Å². The highest BCUT2D eigenvalue weighted by Crippen LogP contribution is 2.28. The highest BCUT2D eigenvalue weighted by Gasteiger charge is 2.25. The van der Waals surface area contributed by atoms with Crippen LogP contribution in [0.4, 0.5) is 10.5 Å². The summed E-state index contributed by atoms with van der Waals surface area (Å²) in [4.78, 5) is 11.9. The van der Waals surface area contributed by atoms with E-state index in [2.05, 4.69) is 10.6 Å². The molecular weight excluding hydrogens is 316 g/mol. The largest absolute Gasteiger partial charge is 0.506 e. The second kappa shape index (κ2) is 7.30. The van der Waals surface area contributed by atoms with Gasteiger partial charge in [0.25, 0.3) is 0 Å². The number of alkyl carbamates (subject to hydrolysis) is 1. The first-order valence-corrected chi connectivity index (χ1v) is 8.35. The molecule has 2 unspecified atom stereocenters. The maximum Gasteiger partial charge on any atom is 0.407 e. The third-order valence-electron chi connectivity index (χ3n) is 3.71. The molecule has 1 fully saturated rings. The molecule has 128 valence electrons. The number of carbonyl (C=O) groups is 1. The topological polar surface area (TPSA) is 70.6 Å². The molecule has 1 aromatic carbocycles. The van der Waals surface area contributed by atoms with Crippen LogP contribution in [0.1, 0.15) is 46.5 Å². The fourth-order valence-electron chi connectivity index (χ4n) is 2.76. The summed E-state index contributed by atoms with van der Waals surface area (Å²) >= 11 is 5.93. The molecule has 0 radical (unpaired) electrons. The van der Waals surface area contributed by atoms with E-state index in [0.29, 0.717) is 5.02 Å². The number of rotatable bonds is 3. The first-order chi connectivity index (χ1) is 10.7. The minimum atomic E-state index is -0.487. The van der Waals surface area contributed by atoms with Crippen molar-refractivity contribution >= 4 is 23.4 Å². The van der Waals surface area contributed by atoms with E-state index < -0.39 is 5.60 Å². The van der Waals surface area contributed by atoms with E-state index in [0.717, 1.165) is 31.4 Å². The predicted octanol–water partition coefficient (Wildman–Crippen LogP) is 4.29. The molecule has 2 rings (SSSR count). The number of benzene rings is 1. The lowest BCUT2D eigenvalue weighted by Gasteiger charge is -2.31. The summed E-state index contributed by atoms with van der Waals surface area (Å²) in [5.74, 6) is 0.0744. The van der Waals surface area contributed by atoms with E-state index in [9.17, 15) is 9.90 Å². The maximum absolute atomic E-state index is 11.9. The lowest BCUT2D eigenvalue weighted by Crippen LogP contribution is -2.43. The Morgan fingerprint density at radius 1 is 1.30 bits per heavy atom. The molecule has 2 atom stereocenters. The number of phenols is 1. The summed E-state index contributed by atoms with van der Waals surface area (Å²) in [5, 5.41) is 16.1. The Morgan fingerprint density at radius 2 is 2.00 bits per heavy atom. The molecule has 1 saturated carbocycles. The van der Waals surface area contributed by atoms with E-state index in [4.69, 9.17) is 16.3 Å². The number of hydrogen-bond acceptors (Lipinski definition) is 4. The van der Waals surface area contributed by atoms with E-state index in [1.54, 1.807) is 18.2 Å². The Balaban J connectivity index is 1.88. The molecule has 5 nitrogen and oxygen atoms in total. The minimum Gasteiger partial charge on any atom is -0.506 e. The average Bonchev–Trinajstić information content (AvgIpc) is 2.41. The normalized spacial score (nSPS) is 21.6. The van der Waals surface area contributed by atoms with Crippen LogP contribution in [0.5, 0.6) is 5.75 Å². The molecule has 3 N–H and O–H groups in total. The fraction of sp³-hybridized carbons (Fsp3) is 0.588. The molecule has 0 aromatic heterocycles. The van der Waals surface area contributed by atoms with Gasteiger partial charge in [0.1, 0.15) is 11.4 Å². The van der Waals surface area contributed by atoms with Crippen LogP contribution in [-0.4, -0.2) is 28.9 Å². The predicted molar refractivity (Wildman–Crippen MR) is 92.2 cm³/mol. The molecular formula is C17H25ClN2O3. The average molecular weight is 341 g/mol. The summed E-state index contributed by atoms with van der Waals surface area (Å²) in [6.45, 7) is 5.56. The quantitative estimate of drug-likeness (QED) is 0.718. The number of carbonyl (C=O) groups excluding carboxylic acids is 1. The van der Waals surface area contributed by atoms with Gasteiger partial charge in [-0.1, -0.05) is 11.6 Å². The van der Waals surface area contributed by atoms with Crippen LogP contribution in [0.15, 0.2) is 18.2 Å². The van der Waals surface area contributed by atoms with Crippen LogP contribution in [-0.2, 0) is 4.74 Å². The van der Waals surface area contributed by atoms with E-state index in [-0.39, 0.29) is 23.9 Å². The number of aromatic hydroxyl groups is 1. The minimum absolute atomic E-state index is 0.0744. The van der Waals surface area contributed by atoms with E-state index in [1.807, 2.05) is 20.8 Å². The molecule has 1 aliphatic rings. The van der Waals surface area contributed by atoms with Gasteiger partial charge in [0.15, 0.2) is 0 Å². The fourth-order valence-corrected chi connectivity index (χ4v) is 2.94. The zero-order valence-corrected chi connectivity index (χ0v) is 14.6. The Bertz CT molecular complexity index is 557. The number of amides is 1. The first-order valence-electron chi connectivity index (χ1n) is 7.97. The highest BCUT2D eigenvalue weighted by atomic mass is 35.5. The van der Waals surface area contributed by atoms with Gasteiger partial charge >= 0.3 is 6.09 Å². The van der Waals surface area contributed by atoms with Gasteiger partial charge in [0.2, 0.25) is 0 Å². The number of hydrogen-bond donors (Lipinski definition) is 3. The van der Waals surface area contributed by atoms with Crippen LogP contribution in [0.3, 0.4) is 0 Å². The van der Waals surface area contributed by atoms with Gasteiger partial charge in [-0.2, -0.15) is 0 Å². The van der Waals surface area contributed by atoms with Gasteiger partial charge in [-0.3, -0.25) is 0 Å². The summed E-state index contributed by atoms with van der Waals surface area (Å²) in [6.07, 6.45) is 3.48. The molecule has 23 heavy (non-hydrogen) atoms. The Hall–Kier alpha value is -1.62. The smallest absolute Gasteiger partial charge is 0.407 e. The van der Waals surface area contributed by atoms with Crippen molar-refractivity contribution in [1.82, 2.24) is 5.32 Å². The van der Waals surface area contributed by atoms with Crippen molar-refractivity contribution in [2.24, 2.45) is 0 Å². The Labute approximate surface area is 142 Å². The van der Waals surface area contributed by atoms with Gasteiger partial charge < -0.3 is 20.5 Å². The summed E-state index contributed by atoms with van der Waals surface area (Å²) < 4.78 is 5.31. The van der Waals surface area contributed by atoms with Crippen molar-refractivity contribution in [2.45, 2.75) is 64.1 Å². The number of nitrogens with one attached hydrogen (secondary N) is 2. The number of anilines is 1. The van der Waals surface area contributed by atoms with Crippen molar-refractivity contribution in [3.63, 3.8) is 0 Å². The standard InChI is InChI=1S/C17H25ClN2O3/c1-17(2,3)23-16(22)20-12-6-4-5-11(9-12)19-13-7-8-15(21)14(18)10-13/h7-8,10-12,19,21H,4-6,9H2,1-3H3,(H,20,22). The van der Waals surface area contributed by atoms with Crippen LogP contribution in [0.2, 0.25) is 5.02 Å². The molecule has 1 aromatic rings. The molecule has 0 bridgehead atoms. The monoisotopic (exact) mass is 340 g/mol. The summed E-state index contributed by atoms with van der Waals surface area (Å²) in [5.41, 5.74) is 0.384. The molecule has 1 aliphatic carbocycles. The van der Waals surface area contributed by atoms with Crippen molar-refractivity contribution in [3.8, 4) is 5.75 Å². The third kappa shape index (κ3) is 5.82. The van der Waals surface area contributed by atoms with Crippen LogP contribution in [0.25, 0.3) is 0 Å². The van der Waals surface area contributed by atoms with Gasteiger partial charge in [0, 0.05) is 17.8 Å². The molecule has 0 saturated heterocycles. The number of halogens is 1. The zero-order valence-electron chi connectivity index (χ0n) is 13.9. The molecule has 6 heteroatoms. The third-order valence-corrected chi connectivity index (χ3v) is 4.02. The molecule has 0 spiro atoms. The van der Waals surface area contributed by atoms with Crippen LogP contribution < -0.4 is 10.6 Å². The van der Waals surface area contributed by atoms with Crippen molar-refractivity contribution < 1.29 is 14.6 Å². The molecule has 0 heterocycles. The maximum atomic E-state index is 11.9. The van der Waals surface area contributed by atoms with Crippen LogP contribution >= 0.6 is 11.6 Å². The second-order valence-corrected chi connectivity index (χ2v) is 7.42. The first kappa shape index (κ1) is 17.7. The highest BCUT2D eigenvalue weighted by molar-refractivity contribution is 6.32. The Morgan fingerprint density at radius 3 is 2.65 bits per heavy atom. The summed E-state index contributed by atoms with van der Waals surface area (Å²) in [7, 11) is 0. The molecule has 1 amide bonds. The SMILES string of the molecule is CC(C)(C)OC(=O)NC1CCCC(Nc2ccc(O)c(Cl)c2)C1. The zero-order chi connectivity index (χ0) is 17.0. The van der Waals surface area contributed by atoms with Gasteiger partial charge in [-0.05, 0) is 64.7 Å². The second-order valence-electron chi connectivity index (χ2n) is 7.02. The Kier molecular flexibility index (Phi) is 5.63. The van der Waals surface area contributed by atoms with Crippen LogP contribution in [0, 0.1) is 0 Å².